The molecule has 1 fully saturated rings. The maximum absolute atomic E-state index is 13.7. The first-order valence-electron chi connectivity index (χ1n) is 9.28. The van der Waals surface area contributed by atoms with Crippen LogP contribution in [0.3, 0.4) is 0 Å². The number of nitrogens with zero attached hydrogens (tertiary/aromatic N) is 3. The molecule has 0 spiro atoms. The van der Waals surface area contributed by atoms with Gasteiger partial charge in [0.1, 0.15) is 5.02 Å². The van der Waals surface area contributed by atoms with Gasteiger partial charge in [-0.25, -0.2) is 9.50 Å². The second kappa shape index (κ2) is 7.33. The molecule has 4 rings (SSSR count). The van der Waals surface area contributed by atoms with Crippen molar-refractivity contribution in [3.8, 4) is 11.3 Å². The van der Waals surface area contributed by atoms with Gasteiger partial charge in [-0.3, -0.25) is 4.79 Å². The minimum atomic E-state index is -4.70. The summed E-state index contributed by atoms with van der Waals surface area (Å²) < 4.78 is 41.7. The lowest BCUT2D eigenvalue weighted by Crippen LogP contribution is -2.33. The van der Waals surface area contributed by atoms with E-state index in [1.165, 1.54) is 0 Å². The van der Waals surface area contributed by atoms with Crippen molar-refractivity contribution in [1.29, 1.82) is 0 Å². The predicted molar refractivity (Wildman–Crippen MR) is 103 cm³/mol. The van der Waals surface area contributed by atoms with Gasteiger partial charge in [0.25, 0.3) is 5.91 Å². The van der Waals surface area contributed by atoms with Crippen LogP contribution in [-0.2, 0) is 6.18 Å². The van der Waals surface area contributed by atoms with Crippen LogP contribution in [0, 0.1) is 6.92 Å². The van der Waals surface area contributed by atoms with E-state index in [-0.39, 0.29) is 28.1 Å². The molecule has 0 unspecified atom stereocenters. The second-order valence-electron chi connectivity index (χ2n) is 7.24. The van der Waals surface area contributed by atoms with Crippen LogP contribution in [0.1, 0.15) is 47.4 Å². The van der Waals surface area contributed by atoms with Gasteiger partial charge in [-0.15, -0.1) is 0 Å². The molecule has 1 amide bonds. The van der Waals surface area contributed by atoms with Gasteiger partial charge < -0.3 is 5.32 Å². The molecule has 1 aliphatic carbocycles. The number of alkyl halides is 3. The number of amides is 1. The van der Waals surface area contributed by atoms with Crippen LogP contribution in [0.5, 0.6) is 0 Å². The number of aromatic nitrogens is 3. The molecular weight excluding hydrogens is 405 g/mol. The van der Waals surface area contributed by atoms with E-state index in [1.54, 1.807) is 24.3 Å². The van der Waals surface area contributed by atoms with Gasteiger partial charge in [-0.1, -0.05) is 54.3 Å². The third-order valence-corrected chi connectivity index (χ3v) is 5.42. The Bertz CT molecular complexity index is 1070. The number of rotatable bonds is 3. The van der Waals surface area contributed by atoms with E-state index in [0.29, 0.717) is 10.1 Å². The summed E-state index contributed by atoms with van der Waals surface area (Å²) in [6.07, 6.45) is -1.02. The third kappa shape index (κ3) is 3.81. The van der Waals surface area contributed by atoms with Crippen molar-refractivity contribution < 1.29 is 18.0 Å². The highest BCUT2D eigenvalue weighted by Crippen LogP contribution is 2.34. The molecule has 0 atom stereocenters. The summed E-state index contributed by atoms with van der Waals surface area (Å²) in [5.41, 5.74) is 0.0949. The number of hydrogen-bond acceptors (Lipinski definition) is 3. The first-order chi connectivity index (χ1) is 13.7. The highest BCUT2D eigenvalue weighted by molar-refractivity contribution is 6.36. The molecule has 1 aromatic carbocycles. The number of halogens is 4. The van der Waals surface area contributed by atoms with Crippen molar-refractivity contribution >= 4 is 23.2 Å². The zero-order chi connectivity index (χ0) is 20.8. The second-order valence-corrected chi connectivity index (χ2v) is 7.62. The molecule has 0 bridgehead atoms. The standard InChI is InChI=1S/C20H18ClF3N4O/c1-11-6-8-12(9-7-11)14-10-15(20(22,23)24)28-18(26-14)16(21)17(27-28)19(29)25-13-4-2-3-5-13/h6-10,13H,2-5H2,1H3,(H,25,29). The van der Waals surface area contributed by atoms with Gasteiger partial charge in [0, 0.05) is 11.6 Å². The summed E-state index contributed by atoms with van der Waals surface area (Å²) in [5.74, 6) is -0.586. The Morgan fingerprint density at radius 3 is 2.48 bits per heavy atom. The summed E-state index contributed by atoms with van der Waals surface area (Å²) >= 11 is 6.27. The van der Waals surface area contributed by atoms with Gasteiger partial charge in [-0.2, -0.15) is 18.3 Å². The Balaban J connectivity index is 1.83. The van der Waals surface area contributed by atoms with Crippen molar-refractivity contribution in [1.82, 2.24) is 19.9 Å². The fourth-order valence-electron chi connectivity index (χ4n) is 3.53. The summed E-state index contributed by atoms with van der Waals surface area (Å²) in [6, 6.07) is 7.85. The van der Waals surface area contributed by atoms with E-state index in [2.05, 4.69) is 15.4 Å². The highest BCUT2D eigenvalue weighted by atomic mass is 35.5. The fraction of sp³-hybridized carbons (Fsp3) is 0.350. The average Bonchev–Trinajstić information content (AvgIpc) is 3.29. The van der Waals surface area contributed by atoms with Crippen LogP contribution in [-0.4, -0.2) is 26.5 Å². The lowest BCUT2D eigenvalue weighted by Gasteiger charge is -2.11. The van der Waals surface area contributed by atoms with E-state index in [4.69, 9.17) is 11.6 Å². The van der Waals surface area contributed by atoms with E-state index in [1.807, 2.05) is 6.92 Å². The average molecular weight is 423 g/mol. The number of fused-ring (bicyclic) bond motifs is 1. The van der Waals surface area contributed by atoms with Crippen molar-refractivity contribution in [2.45, 2.75) is 44.8 Å². The molecule has 5 nitrogen and oxygen atoms in total. The monoisotopic (exact) mass is 422 g/mol. The number of carbonyl (C=O) groups excluding carboxylic acids is 1. The first kappa shape index (κ1) is 19.7. The summed E-state index contributed by atoms with van der Waals surface area (Å²) in [6.45, 7) is 1.88. The molecular formula is C20H18ClF3N4O. The number of nitrogens with one attached hydrogen (secondary N) is 1. The maximum Gasteiger partial charge on any atom is 0.433 e. The highest BCUT2D eigenvalue weighted by Gasteiger charge is 2.37. The van der Waals surface area contributed by atoms with E-state index in [0.717, 1.165) is 37.3 Å². The number of aryl methyl sites for hydroxylation is 1. The van der Waals surface area contributed by atoms with Crippen LogP contribution in [0.25, 0.3) is 16.9 Å². The molecule has 0 aliphatic heterocycles. The summed E-state index contributed by atoms with van der Waals surface area (Å²) in [5, 5.41) is 6.46. The zero-order valence-corrected chi connectivity index (χ0v) is 16.3. The minimum absolute atomic E-state index is 0.0125. The Morgan fingerprint density at radius 1 is 1.21 bits per heavy atom. The SMILES string of the molecule is Cc1ccc(-c2cc(C(F)(F)F)n3nc(C(=O)NC4CCCC4)c(Cl)c3n2)cc1. The molecule has 9 heteroatoms. The van der Waals surface area contributed by atoms with Crippen LogP contribution in [0.4, 0.5) is 13.2 Å². The van der Waals surface area contributed by atoms with E-state index in [9.17, 15) is 18.0 Å². The molecule has 152 valence electrons. The molecule has 29 heavy (non-hydrogen) atoms. The Labute approximate surface area is 169 Å². The van der Waals surface area contributed by atoms with Crippen molar-refractivity contribution in [3.05, 3.63) is 52.3 Å². The van der Waals surface area contributed by atoms with Gasteiger partial charge in [0.15, 0.2) is 17.0 Å². The molecule has 3 aromatic rings. The Morgan fingerprint density at radius 2 is 1.86 bits per heavy atom. The van der Waals surface area contributed by atoms with Gasteiger partial charge >= 0.3 is 6.18 Å². The molecule has 0 saturated heterocycles. The molecule has 2 heterocycles. The Kier molecular flexibility index (Phi) is 4.98. The van der Waals surface area contributed by atoms with E-state index >= 15 is 0 Å². The minimum Gasteiger partial charge on any atom is -0.348 e. The number of benzene rings is 1. The van der Waals surface area contributed by atoms with Gasteiger partial charge in [0.05, 0.1) is 5.69 Å². The quantitative estimate of drug-likeness (QED) is 0.642. The van der Waals surface area contributed by atoms with Crippen molar-refractivity contribution in [2.75, 3.05) is 0 Å². The van der Waals surface area contributed by atoms with Gasteiger partial charge in [-0.05, 0) is 25.8 Å². The van der Waals surface area contributed by atoms with Crippen LogP contribution in [0.2, 0.25) is 5.02 Å². The lowest BCUT2D eigenvalue weighted by molar-refractivity contribution is -0.142. The molecule has 1 saturated carbocycles. The largest absolute Gasteiger partial charge is 0.433 e. The van der Waals surface area contributed by atoms with Crippen molar-refractivity contribution in [2.24, 2.45) is 0 Å². The van der Waals surface area contributed by atoms with Crippen LogP contribution < -0.4 is 5.32 Å². The lowest BCUT2D eigenvalue weighted by atomic mass is 10.1. The first-order valence-corrected chi connectivity index (χ1v) is 9.66. The smallest absolute Gasteiger partial charge is 0.348 e. The topological polar surface area (TPSA) is 59.3 Å². The van der Waals surface area contributed by atoms with E-state index < -0.39 is 17.8 Å². The van der Waals surface area contributed by atoms with Crippen LogP contribution in [0.15, 0.2) is 30.3 Å². The zero-order valence-electron chi connectivity index (χ0n) is 15.6. The Hall–Kier alpha value is -2.61. The predicted octanol–water partition coefficient (Wildman–Crippen LogP) is 5.05. The number of carbonyl (C=O) groups is 1. The normalized spacial score (nSPS) is 15.2. The molecule has 0 radical (unpaired) electrons. The van der Waals surface area contributed by atoms with Crippen molar-refractivity contribution in [3.63, 3.8) is 0 Å². The van der Waals surface area contributed by atoms with Crippen LogP contribution >= 0.6 is 11.6 Å². The molecule has 2 aromatic heterocycles. The number of hydrogen-bond donors (Lipinski definition) is 1. The fourth-order valence-corrected chi connectivity index (χ4v) is 3.78. The third-order valence-electron chi connectivity index (χ3n) is 5.08. The summed E-state index contributed by atoms with van der Waals surface area (Å²) in [7, 11) is 0. The van der Waals surface area contributed by atoms with Gasteiger partial charge in [0.2, 0.25) is 0 Å². The molecule has 1 aliphatic rings. The molecule has 1 N–H and O–H groups in total. The maximum atomic E-state index is 13.7. The summed E-state index contributed by atoms with van der Waals surface area (Å²) in [4.78, 5) is 16.8.